The maximum Gasteiger partial charge on any atom is 0.254 e. The molecule has 0 spiro atoms. The molecule has 0 bridgehead atoms. The number of aliphatic hydroxyl groups excluding tert-OH is 1. The molecule has 26 heavy (non-hydrogen) atoms. The summed E-state index contributed by atoms with van der Waals surface area (Å²) in [6.45, 7) is 5.04. The summed E-state index contributed by atoms with van der Waals surface area (Å²) in [6, 6.07) is 15.7. The van der Waals surface area contributed by atoms with Crippen LogP contribution in [-0.4, -0.2) is 60.6 Å². The van der Waals surface area contributed by atoms with Gasteiger partial charge in [0.05, 0.1) is 12.6 Å². The van der Waals surface area contributed by atoms with Gasteiger partial charge in [-0.2, -0.15) is 0 Å². The average Bonchev–Trinajstić information content (AvgIpc) is 2.68. The van der Waals surface area contributed by atoms with E-state index in [4.69, 9.17) is 0 Å². The molecular weight excluding hydrogens is 326 g/mol. The van der Waals surface area contributed by atoms with Crippen molar-refractivity contribution in [3.8, 4) is 0 Å². The molecule has 0 aromatic heterocycles. The Labute approximate surface area is 154 Å². The fourth-order valence-electron chi connectivity index (χ4n) is 3.80. The van der Waals surface area contributed by atoms with Crippen molar-refractivity contribution in [2.45, 2.75) is 12.6 Å². The lowest BCUT2D eigenvalue weighted by atomic mass is 9.97. The number of likely N-dealkylation sites (N-methyl/N-ethyl adjacent to an activating group) is 1. The summed E-state index contributed by atoms with van der Waals surface area (Å²) >= 11 is 0. The van der Waals surface area contributed by atoms with Crippen LogP contribution in [0.5, 0.6) is 0 Å². The second kappa shape index (κ2) is 7.09. The van der Waals surface area contributed by atoms with Crippen molar-refractivity contribution in [1.82, 2.24) is 9.80 Å². The molecule has 5 nitrogen and oxygen atoms in total. The smallest absolute Gasteiger partial charge is 0.254 e. The highest BCUT2D eigenvalue weighted by atomic mass is 16.3. The average molecular weight is 351 g/mol. The molecule has 0 aliphatic carbocycles. The van der Waals surface area contributed by atoms with Crippen LogP contribution in [0.1, 0.15) is 27.6 Å². The number of piperazine rings is 1. The molecule has 0 radical (unpaired) electrons. The Hall–Kier alpha value is -2.37. The number of carbonyl (C=O) groups excluding carboxylic acids is 1. The van der Waals surface area contributed by atoms with Gasteiger partial charge in [0.15, 0.2) is 0 Å². The van der Waals surface area contributed by atoms with Crippen molar-refractivity contribution in [3.63, 3.8) is 0 Å². The molecule has 2 aromatic rings. The first-order valence-electron chi connectivity index (χ1n) is 9.20. The van der Waals surface area contributed by atoms with Crippen molar-refractivity contribution in [2.24, 2.45) is 0 Å². The van der Waals surface area contributed by atoms with Crippen molar-refractivity contribution in [3.05, 3.63) is 65.2 Å². The lowest BCUT2D eigenvalue weighted by Gasteiger charge is -2.34. The summed E-state index contributed by atoms with van der Waals surface area (Å²) in [5.74, 6) is -0.0246. The molecule has 1 atom stereocenters. The molecule has 2 aliphatic rings. The number of carbonyl (C=O) groups is 1. The molecule has 0 saturated carbocycles. The Kier molecular flexibility index (Phi) is 4.66. The molecule has 1 saturated heterocycles. The third-order valence-electron chi connectivity index (χ3n) is 5.44. The predicted octanol–water partition coefficient (Wildman–Crippen LogP) is 2.13. The second-order valence-corrected chi connectivity index (χ2v) is 7.24. The van der Waals surface area contributed by atoms with E-state index >= 15 is 0 Å². The number of benzene rings is 2. The summed E-state index contributed by atoms with van der Waals surface area (Å²) in [6.07, 6.45) is -0.617. The van der Waals surface area contributed by atoms with Crippen molar-refractivity contribution >= 4 is 11.6 Å². The van der Waals surface area contributed by atoms with Crippen LogP contribution in [0.15, 0.2) is 48.5 Å². The van der Waals surface area contributed by atoms with Crippen molar-refractivity contribution in [2.75, 3.05) is 44.7 Å². The van der Waals surface area contributed by atoms with Gasteiger partial charge < -0.3 is 19.8 Å². The van der Waals surface area contributed by atoms with Gasteiger partial charge in [0, 0.05) is 44.0 Å². The third kappa shape index (κ3) is 3.32. The number of fused-ring (bicyclic) bond motifs is 1. The zero-order valence-corrected chi connectivity index (χ0v) is 15.1. The van der Waals surface area contributed by atoms with Crippen LogP contribution in [0.25, 0.3) is 0 Å². The minimum absolute atomic E-state index is 0.0246. The van der Waals surface area contributed by atoms with Crippen LogP contribution in [0, 0.1) is 0 Å². The molecule has 136 valence electrons. The number of hydrogen-bond acceptors (Lipinski definition) is 4. The zero-order chi connectivity index (χ0) is 18.1. The van der Waals surface area contributed by atoms with E-state index in [1.807, 2.05) is 48.5 Å². The van der Waals surface area contributed by atoms with Crippen molar-refractivity contribution in [1.29, 1.82) is 0 Å². The summed E-state index contributed by atoms with van der Waals surface area (Å²) in [5.41, 5.74) is 3.80. The summed E-state index contributed by atoms with van der Waals surface area (Å²) in [5, 5.41) is 10.4. The van der Waals surface area contributed by atoms with Gasteiger partial charge in [-0.1, -0.05) is 24.3 Å². The lowest BCUT2D eigenvalue weighted by Crippen LogP contribution is -2.44. The van der Waals surface area contributed by atoms with Crippen LogP contribution < -0.4 is 4.90 Å². The third-order valence-corrected chi connectivity index (χ3v) is 5.44. The van der Waals surface area contributed by atoms with Gasteiger partial charge >= 0.3 is 0 Å². The standard InChI is InChI=1S/C21H25N3O2/c1-22-10-12-23(13-11-22)18-8-6-16(7-9-18)21(26)24-14-17-4-2-3-5-19(17)20(25)15-24/h2-9,20,25H,10-15H2,1H3/t20-/m0/s1. The number of anilines is 1. The van der Waals surface area contributed by atoms with Gasteiger partial charge in [0.25, 0.3) is 5.91 Å². The molecule has 1 fully saturated rings. The molecule has 1 N–H and O–H groups in total. The largest absolute Gasteiger partial charge is 0.387 e. The van der Waals surface area contributed by atoms with Crippen LogP contribution in [0.4, 0.5) is 5.69 Å². The summed E-state index contributed by atoms with van der Waals surface area (Å²) in [4.78, 5) is 19.3. The van der Waals surface area contributed by atoms with Gasteiger partial charge in [-0.15, -0.1) is 0 Å². The van der Waals surface area contributed by atoms with Crippen LogP contribution in [0.2, 0.25) is 0 Å². The normalized spacial score (nSPS) is 20.8. The monoisotopic (exact) mass is 351 g/mol. The highest BCUT2D eigenvalue weighted by Crippen LogP contribution is 2.27. The number of nitrogens with zero attached hydrogens (tertiary/aromatic N) is 3. The van der Waals surface area contributed by atoms with E-state index in [1.54, 1.807) is 4.90 Å². The molecule has 2 aliphatic heterocycles. The fourth-order valence-corrected chi connectivity index (χ4v) is 3.80. The SMILES string of the molecule is CN1CCN(c2ccc(C(=O)N3Cc4ccccc4[C@@H](O)C3)cc2)CC1. The Morgan fingerprint density at radius 2 is 1.69 bits per heavy atom. The fraction of sp³-hybridized carbons (Fsp3) is 0.381. The van der Waals surface area contributed by atoms with E-state index in [1.165, 1.54) is 5.69 Å². The maximum absolute atomic E-state index is 12.9. The number of amides is 1. The van der Waals surface area contributed by atoms with Gasteiger partial charge in [0.2, 0.25) is 0 Å². The van der Waals surface area contributed by atoms with Gasteiger partial charge in [-0.05, 0) is 42.4 Å². The molecule has 2 aromatic carbocycles. The van der Waals surface area contributed by atoms with Gasteiger partial charge in [-0.3, -0.25) is 4.79 Å². The Morgan fingerprint density at radius 3 is 2.42 bits per heavy atom. The van der Waals surface area contributed by atoms with Crippen LogP contribution >= 0.6 is 0 Å². The molecule has 5 heteroatoms. The first-order valence-corrected chi connectivity index (χ1v) is 9.20. The van der Waals surface area contributed by atoms with Gasteiger partial charge in [-0.25, -0.2) is 0 Å². The molecule has 1 amide bonds. The van der Waals surface area contributed by atoms with E-state index in [0.29, 0.717) is 18.7 Å². The first-order chi connectivity index (χ1) is 12.6. The van der Waals surface area contributed by atoms with Crippen molar-refractivity contribution < 1.29 is 9.90 Å². The maximum atomic E-state index is 12.9. The van der Waals surface area contributed by atoms with E-state index in [-0.39, 0.29) is 5.91 Å². The Bertz CT molecular complexity index is 782. The lowest BCUT2D eigenvalue weighted by molar-refractivity contribution is 0.0550. The molecule has 2 heterocycles. The minimum atomic E-state index is -0.617. The number of hydrogen-bond donors (Lipinski definition) is 1. The zero-order valence-electron chi connectivity index (χ0n) is 15.1. The number of rotatable bonds is 2. The summed E-state index contributed by atoms with van der Waals surface area (Å²) in [7, 11) is 2.14. The number of β-amino-alcohol motifs (C(OH)–C–C–N with tert-alkyl or cyclic N) is 1. The van der Waals surface area contributed by atoms with Crippen LogP contribution in [-0.2, 0) is 6.54 Å². The Morgan fingerprint density at radius 1 is 1.00 bits per heavy atom. The highest BCUT2D eigenvalue weighted by molar-refractivity contribution is 5.94. The van der Waals surface area contributed by atoms with E-state index in [9.17, 15) is 9.90 Å². The van der Waals surface area contributed by atoms with E-state index < -0.39 is 6.10 Å². The topological polar surface area (TPSA) is 47.0 Å². The summed E-state index contributed by atoms with van der Waals surface area (Å²) < 4.78 is 0. The van der Waals surface area contributed by atoms with E-state index in [0.717, 1.165) is 37.3 Å². The number of aliphatic hydroxyl groups is 1. The highest BCUT2D eigenvalue weighted by Gasteiger charge is 2.27. The molecular formula is C21H25N3O2. The molecule has 4 rings (SSSR count). The van der Waals surface area contributed by atoms with E-state index in [2.05, 4.69) is 16.8 Å². The van der Waals surface area contributed by atoms with Crippen LogP contribution in [0.3, 0.4) is 0 Å². The first kappa shape index (κ1) is 17.1. The predicted molar refractivity (Wildman–Crippen MR) is 102 cm³/mol. The second-order valence-electron chi connectivity index (χ2n) is 7.24. The Balaban J connectivity index is 1.47. The van der Waals surface area contributed by atoms with Gasteiger partial charge in [0.1, 0.15) is 0 Å². The minimum Gasteiger partial charge on any atom is -0.387 e. The quantitative estimate of drug-likeness (QED) is 0.900. The molecule has 0 unspecified atom stereocenters.